The second-order valence-corrected chi connectivity index (χ2v) is 7.99. The van der Waals surface area contributed by atoms with Crippen LogP contribution in [0.2, 0.25) is 0 Å². The minimum atomic E-state index is -0.443. The molecule has 2 aromatic carbocycles. The summed E-state index contributed by atoms with van der Waals surface area (Å²) in [5.74, 6) is 0.756. The van der Waals surface area contributed by atoms with Crippen molar-refractivity contribution in [2.24, 2.45) is 0 Å². The molecule has 0 N–H and O–H groups in total. The van der Waals surface area contributed by atoms with Crippen molar-refractivity contribution in [2.45, 2.75) is 6.92 Å². The van der Waals surface area contributed by atoms with Crippen LogP contribution >= 0.6 is 24.0 Å². The SMILES string of the molecule is Cc1ccc([N+](=O)[O-])cc1-c1ccc(C=C2SC(=S)N(c3ccccc3)C2=O)o1. The lowest BCUT2D eigenvalue weighted by molar-refractivity contribution is -0.384. The zero-order chi connectivity index (χ0) is 20.5. The van der Waals surface area contributed by atoms with Gasteiger partial charge in [-0.05, 0) is 36.8 Å². The number of amides is 1. The summed E-state index contributed by atoms with van der Waals surface area (Å²) in [5, 5.41) is 11.1. The van der Waals surface area contributed by atoms with Crippen LogP contribution in [0.25, 0.3) is 17.4 Å². The molecule has 2 heterocycles. The van der Waals surface area contributed by atoms with Crippen molar-refractivity contribution in [3.05, 3.63) is 87.0 Å². The molecule has 4 rings (SSSR count). The van der Waals surface area contributed by atoms with Crippen molar-refractivity contribution in [3.8, 4) is 11.3 Å². The summed E-state index contributed by atoms with van der Waals surface area (Å²) < 4.78 is 6.30. The molecule has 1 saturated heterocycles. The lowest BCUT2D eigenvalue weighted by atomic mass is 10.1. The number of hydrogen-bond acceptors (Lipinski definition) is 6. The second kappa shape index (κ2) is 7.65. The molecule has 0 spiro atoms. The number of non-ortho nitro benzene ring substituents is 1. The van der Waals surface area contributed by atoms with Gasteiger partial charge in [-0.2, -0.15) is 0 Å². The van der Waals surface area contributed by atoms with Gasteiger partial charge in [0.15, 0.2) is 4.32 Å². The van der Waals surface area contributed by atoms with Crippen LogP contribution in [0.3, 0.4) is 0 Å². The summed E-state index contributed by atoms with van der Waals surface area (Å²) in [6.45, 7) is 1.85. The van der Waals surface area contributed by atoms with E-state index in [4.69, 9.17) is 16.6 Å². The number of thiocarbonyl (C=S) groups is 1. The summed E-state index contributed by atoms with van der Waals surface area (Å²) in [5.41, 5.74) is 2.20. The van der Waals surface area contributed by atoms with Gasteiger partial charge in [0.1, 0.15) is 11.5 Å². The largest absolute Gasteiger partial charge is 0.457 e. The molecule has 1 amide bonds. The Hall–Kier alpha value is -3.23. The van der Waals surface area contributed by atoms with Crippen LogP contribution in [0, 0.1) is 17.0 Å². The van der Waals surface area contributed by atoms with Crippen molar-refractivity contribution in [1.29, 1.82) is 0 Å². The standard InChI is InChI=1S/C21H14N2O4S2/c1-13-7-8-15(23(25)26)11-17(13)18-10-9-16(27-18)12-19-20(24)22(21(28)29-19)14-5-3-2-4-6-14/h2-12H,1H3. The predicted molar refractivity (Wildman–Crippen MR) is 118 cm³/mol. The Morgan fingerprint density at radius 3 is 2.62 bits per heavy atom. The molecule has 0 bridgehead atoms. The zero-order valence-electron chi connectivity index (χ0n) is 15.2. The molecule has 1 aliphatic rings. The first-order valence-electron chi connectivity index (χ1n) is 8.62. The molecule has 1 fully saturated rings. The Morgan fingerprint density at radius 1 is 1.14 bits per heavy atom. The van der Waals surface area contributed by atoms with Gasteiger partial charge in [-0.25, -0.2) is 0 Å². The lowest BCUT2D eigenvalue weighted by Gasteiger charge is -2.13. The van der Waals surface area contributed by atoms with Gasteiger partial charge < -0.3 is 4.42 Å². The van der Waals surface area contributed by atoms with Crippen molar-refractivity contribution in [1.82, 2.24) is 0 Å². The van der Waals surface area contributed by atoms with E-state index in [1.54, 1.807) is 24.3 Å². The second-order valence-electron chi connectivity index (χ2n) is 6.31. The van der Waals surface area contributed by atoms with Crippen LogP contribution < -0.4 is 4.90 Å². The number of carbonyl (C=O) groups is 1. The van der Waals surface area contributed by atoms with E-state index in [2.05, 4.69) is 0 Å². The van der Waals surface area contributed by atoms with Crippen molar-refractivity contribution >= 4 is 51.7 Å². The Labute approximate surface area is 176 Å². The normalized spacial score (nSPS) is 15.3. The summed E-state index contributed by atoms with van der Waals surface area (Å²) >= 11 is 6.57. The van der Waals surface area contributed by atoms with E-state index in [-0.39, 0.29) is 11.6 Å². The molecular formula is C21H14N2O4S2. The van der Waals surface area contributed by atoms with E-state index < -0.39 is 4.92 Å². The topological polar surface area (TPSA) is 76.6 Å². The highest BCUT2D eigenvalue weighted by molar-refractivity contribution is 8.27. The summed E-state index contributed by atoms with van der Waals surface area (Å²) in [7, 11) is 0. The maximum absolute atomic E-state index is 12.8. The monoisotopic (exact) mass is 422 g/mol. The smallest absolute Gasteiger partial charge is 0.270 e. The fourth-order valence-electron chi connectivity index (χ4n) is 2.96. The van der Waals surface area contributed by atoms with Crippen LogP contribution in [0.5, 0.6) is 0 Å². The van der Waals surface area contributed by atoms with Crippen LogP contribution in [0.1, 0.15) is 11.3 Å². The van der Waals surface area contributed by atoms with Gasteiger partial charge in [0, 0.05) is 23.8 Å². The molecule has 29 heavy (non-hydrogen) atoms. The number of hydrogen-bond donors (Lipinski definition) is 0. The maximum atomic E-state index is 12.8. The number of rotatable bonds is 4. The number of nitro benzene ring substituents is 1. The number of furan rings is 1. The van der Waals surface area contributed by atoms with Gasteiger partial charge >= 0.3 is 0 Å². The molecule has 1 aliphatic heterocycles. The first kappa shape index (κ1) is 19.1. The van der Waals surface area contributed by atoms with Crippen LogP contribution in [0.15, 0.2) is 70.0 Å². The first-order chi connectivity index (χ1) is 13.9. The lowest BCUT2D eigenvalue weighted by Crippen LogP contribution is -2.27. The highest BCUT2D eigenvalue weighted by Crippen LogP contribution is 2.37. The van der Waals surface area contributed by atoms with E-state index in [0.29, 0.717) is 32.0 Å². The maximum Gasteiger partial charge on any atom is 0.270 e. The third kappa shape index (κ3) is 3.72. The molecule has 0 saturated carbocycles. The van der Waals surface area contributed by atoms with Crippen LogP contribution in [0.4, 0.5) is 11.4 Å². The van der Waals surface area contributed by atoms with E-state index in [1.807, 2.05) is 37.3 Å². The number of nitro groups is 1. The van der Waals surface area contributed by atoms with E-state index in [0.717, 1.165) is 5.56 Å². The number of para-hydroxylation sites is 1. The fraction of sp³-hybridized carbons (Fsp3) is 0.0476. The predicted octanol–water partition coefficient (Wildman–Crippen LogP) is 5.57. The minimum Gasteiger partial charge on any atom is -0.457 e. The molecule has 8 heteroatoms. The zero-order valence-corrected chi connectivity index (χ0v) is 16.8. The molecule has 0 atom stereocenters. The molecule has 1 aromatic heterocycles. The molecule has 3 aromatic rings. The fourth-order valence-corrected chi connectivity index (χ4v) is 4.24. The number of aryl methyl sites for hydroxylation is 1. The van der Waals surface area contributed by atoms with Crippen molar-refractivity contribution < 1.29 is 14.1 Å². The quantitative estimate of drug-likeness (QED) is 0.237. The van der Waals surface area contributed by atoms with E-state index in [9.17, 15) is 14.9 Å². The Kier molecular flexibility index (Phi) is 5.04. The first-order valence-corrected chi connectivity index (χ1v) is 9.85. The average Bonchev–Trinajstić information content (AvgIpc) is 3.27. The highest BCUT2D eigenvalue weighted by Gasteiger charge is 2.33. The van der Waals surface area contributed by atoms with Gasteiger partial charge in [0.25, 0.3) is 11.6 Å². The van der Waals surface area contributed by atoms with Crippen LogP contribution in [-0.4, -0.2) is 15.2 Å². The number of benzene rings is 2. The minimum absolute atomic E-state index is 0.00715. The third-order valence-corrected chi connectivity index (χ3v) is 5.71. The Morgan fingerprint density at radius 2 is 1.90 bits per heavy atom. The highest BCUT2D eigenvalue weighted by atomic mass is 32.2. The van der Waals surface area contributed by atoms with Gasteiger partial charge in [-0.1, -0.05) is 48.2 Å². The number of nitrogens with zero attached hydrogens (tertiary/aromatic N) is 2. The van der Waals surface area contributed by atoms with Crippen LogP contribution in [-0.2, 0) is 4.79 Å². The van der Waals surface area contributed by atoms with Gasteiger partial charge in [0.2, 0.25) is 0 Å². The summed E-state index contributed by atoms with van der Waals surface area (Å²) in [6, 6.07) is 17.3. The van der Waals surface area contributed by atoms with Gasteiger partial charge in [-0.3, -0.25) is 19.8 Å². The molecular weight excluding hydrogens is 408 g/mol. The van der Waals surface area contributed by atoms with Gasteiger partial charge in [0.05, 0.1) is 15.5 Å². The Bertz CT molecular complexity index is 1170. The van der Waals surface area contributed by atoms with E-state index in [1.165, 1.54) is 28.8 Å². The molecule has 0 aliphatic carbocycles. The summed E-state index contributed by atoms with van der Waals surface area (Å²) in [4.78, 5) is 25.4. The molecule has 0 unspecified atom stereocenters. The number of thioether (sulfide) groups is 1. The number of carbonyl (C=O) groups excluding carboxylic acids is 1. The molecule has 0 radical (unpaired) electrons. The average molecular weight is 422 g/mol. The Balaban J connectivity index is 1.64. The molecule has 144 valence electrons. The van der Waals surface area contributed by atoms with E-state index >= 15 is 0 Å². The number of anilines is 1. The summed E-state index contributed by atoms with van der Waals surface area (Å²) in [6.07, 6.45) is 1.64. The third-order valence-electron chi connectivity index (χ3n) is 4.41. The van der Waals surface area contributed by atoms with Crippen molar-refractivity contribution in [2.75, 3.05) is 4.90 Å². The van der Waals surface area contributed by atoms with Crippen molar-refractivity contribution in [3.63, 3.8) is 0 Å². The van der Waals surface area contributed by atoms with Gasteiger partial charge in [-0.15, -0.1) is 0 Å². The molecule has 6 nitrogen and oxygen atoms in total.